The highest BCUT2D eigenvalue weighted by molar-refractivity contribution is 5.98. The molecule has 8 heteroatoms. The highest BCUT2D eigenvalue weighted by Gasteiger charge is 2.22. The van der Waals surface area contributed by atoms with Crippen molar-refractivity contribution in [2.75, 3.05) is 5.32 Å². The number of pyridine rings is 1. The van der Waals surface area contributed by atoms with Crippen molar-refractivity contribution in [1.82, 2.24) is 10.1 Å². The van der Waals surface area contributed by atoms with Crippen LogP contribution >= 0.6 is 0 Å². The maximum Gasteiger partial charge on any atom is 0.340 e. The topological polar surface area (TPSA) is 94.3 Å². The Bertz CT molecular complexity index is 999. The van der Waals surface area contributed by atoms with Crippen LogP contribution < -0.4 is 5.32 Å². The molecule has 0 bridgehead atoms. The van der Waals surface area contributed by atoms with Crippen molar-refractivity contribution in [2.24, 2.45) is 0 Å². The number of anilines is 1. The summed E-state index contributed by atoms with van der Waals surface area (Å²) in [7, 11) is 0. The van der Waals surface area contributed by atoms with Crippen LogP contribution in [0.15, 0.2) is 34.9 Å². The third kappa shape index (κ3) is 3.69. The average molecular weight is 357 g/mol. The lowest BCUT2D eigenvalue weighted by molar-refractivity contribution is -0.123. The zero-order valence-corrected chi connectivity index (χ0v) is 14.4. The molecule has 2 heterocycles. The van der Waals surface area contributed by atoms with Crippen LogP contribution in [0.4, 0.5) is 10.2 Å². The van der Waals surface area contributed by atoms with Gasteiger partial charge in [0, 0.05) is 17.5 Å². The molecule has 0 aliphatic heterocycles. The third-order valence-electron chi connectivity index (χ3n) is 3.72. The predicted octanol–water partition coefficient (Wildman–Crippen LogP) is 3.16. The van der Waals surface area contributed by atoms with Crippen molar-refractivity contribution in [3.05, 3.63) is 53.2 Å². The molecule has 7 nitrogen and oxygen atoms in total. The Morgan fingerprint density at radius 1 is 1.23 bits per heavy atom. The molecule has 26 heavy (non-hydrogen) atoms. The lowest BCUT2D eigenvalue weighted by Crippen LogP contribution is -2.30. The summed E-state index contributed by atoms with van der Waals surface area (Å²) in [5, 5.41) is 6.73. The number of hydrogen-bond acceptors (Lipinski definition) is 6. The quantitative estimate of drug-likeness (QED) is 0.721. The van der Waals surface area contributed by atoms with Crippen LogP contribution in [0.3, 0.4) is 0 Å². The van der Waals surface area contributed by atoms with Gasteiger partial charge in [0.15, 0.2) is 11.9 Å². The van der Waals surface area contributed by atoms with Crippen LogP contribution in [-0.4, -0.2) is 28.1 Å². The first-order valence-corrected chi connectivity index (χ1v) is 7.85. The summed E-state index contributed by atoms with van der Waals surface area (Å²) in [6.07, 6.45) is -1.05. The highest BCUT2D eigenvalue weighted by atomic mass is 19.1. The van der Waals surface area contributed by atoms with E-state index in [9.17, 15) is 14.0 Å². The number of aryl methyl sites for hydroxylation is 2. The van der Waals surface area contributed by atoms with Gasteiger partial charge in [-0.05, 0) is 39.0 Å². The van der Waals surface area contributed by atoms with Crippen molar-refractivity contribution in [3.63, 3.8) is 0 Å². The summed E-state index contributed by atoms with van der Waals surface area (Å²) in [5.41, 5.74) is 1.03. The Kier molecular flexibility index (Phi) is 4.66. The van der Waals surface area contributed by atoms with E-state index in [1.807, 2.05) is 0 Å². The fraction of sp³-hybridized carbons (Fsp3) is 0.222. The van der Waals surface area contributed by atoms with Crippen molar-refractivity contribution in [2.45, 2.75) is 26.9 Å². The van der Waals surface area contributed by atoms with E-state index < -0.39 is 23.8 Å². The minimum absolute atomic E-state index is 0.209. The number of nitrogens with one attached hydrogen (secondary N) is 1. The van der Waals surface area contributed by atoms with Gasteiger partial charge in [0.05, 0.1) is 16.8 Å². The molecule has 2 aromatic heterocycles. The van der Waals surface area contributed by atoms with Gasteiger partial charge < -0.3 is 14.6 Å². The van der Waals surface area contributed by atoms with E-state index in [0.29, 0.717) is 22.4 Å². The van der Waals surface area contributed by atoms with Crippen LogP contribution in [0.2, 0.25) is 0 Å². The molecule has 3 rings (SSSR count). The molecule has 0 aliphatic carbocycles. The maximum atomic E-state index is 13.3. The molecule has 1 atom stereocenters. The minimum Gasteiger partial charge on any atom is -0.449 e. The molecule has 1 aromatic carbocycles. The number of carbonyl (C=O) groups excluding carboxylic acids is 2. The summed E-state index contributed by atoms with van der Waals surface area (Å²) >= 11 is 0. The first-order chi connectivity index (χ1) is 12.3. The normalized spacial score (nSPS) is 12.0. The van der Waals surface area contributed by atoms with Crippen LogP contribution in [0.25, 0.3) is 10.9 Å². The van der Waals surface area contributed by atoms with E-state index in [0.717, 1.165) is 0 Å². The third-order valence-corrected chi connectivity index (χ3v) is 3.72. The van der Waals surface area contributed by atoms with Gasteiger partial charge in [-0.3, -0.25) is 9.78 Å². The number of aromatic nitrogens is 2. The molecule has 0 saturated carbocycles. The van der Waals surface area contributed by atoms with Crippen LogP contribution in [0.1, 0.15) is 28.7 Å². The standard InChI is InChI=1S/C18H16FN3O4/c1-9-6-16(22-26-9)21-17(23)11(3)25-18(24)14-7-12-4-5-13(19)8-15(12)20-10(14)2/h4-8,11H,1-3H3,(H,21,22,23). The van der Waals surface area contributed by atoms with E-state index in [4.69, 9.17) is 9.26 Å². The lowest BCUT2D eigenvalue weighted by Gasteiger charge is -2.13. The number of nitrogens with zero attached hydrogens (tertiary/aromatic N) is 2. The van der Waals surface area contributed by atoms with Gasteiger partial charge in [-0.15, -0.1) is 0 Å². The molecule has 1 unspecified atom stereocenters. The Morgan fingerprint density at radius 3 is 2.69 bits per heavy atom. The molecule has 1 N–H and O–H groups in total. The van der Waals surface area contributed by atoms with Crippen molar-refractivity contribution in [1.29, 1.82) is 0 Å². The monoisotopic (exact) mass is 357 g/mol. The Hall–Kier alpha value is -3.29. The fourth-order valence-corrected chi connectivity index (χ4v) is 2.37. The average Bonchev–Trinajstić information content (AvgIpc) is 2.98. The number of benzene rings is 1. The number of hydrogen-bond donors (Lipinski definition) is 1. The van der Waals surface area contributed by atoms with Crippen LogP contribution in [-0.2, 0) is 9.53 Å². The summed E-state index contributed by atoms with van der Waals surface area (Å²) in [6.45, 7) is 4.75. The Balaban J connectivity index is 1.74. The van der Waals surface area contributed by atoms with E-state index >= 15 is 0 Å². The Labute approximate surface area is 148 Å². The van der Waals surface area contributed by atoms with Gasteiger partial charge in [-0.1, -0.05) is 5.16 Å². The fourth-order valence-electron chi connectivity index (χ4n) is 2.37. The maximum absolute atomic E-state index is 13.3. The molecule has 0 fully saturated rings. The largest absolute Gasteiger partial charge is 0.449 e. The first kappa shape index (κ1) is 17.5. The zero-order chi connectivity index (χ0) is 18.8. The van der Waals surface area contributed by atoms with E-state index in [1.165, 1.54) is 25.1 Å². The van der Waals surface area contributed by atoms with Crippen LogP contribution in [0.5, 0.6) is 0 Å². The number of fused-ring (bicyclic) bond motifs is 1. The molecule has 0 radical (unpaired) electrons. The SMILES string of the molecule is Cc1cc(NC(=O)C(C)OC(=O)c2cc3ccc(F)cc3nc2C)no1. The zero-order valence-electron chi connectivity index (χ0n) is 14.4. The summed E-state index contributed by atoms with van der Waals surface area (Å²) in [4.78, 5) is 28.7. The number of esters is 1. The van der Waals surface area contributed by atoms with Crippen molar-refractivity contribution >= 4 is 28.6 Å². The number of halogens is 1. The van der Waals surface area contributed by atoms with Crippen molar-refractivity contribution < 1.29 is 23.2 Å². The molecule has 134 valence electrons. The lowest BCUT2D eigenvalue weighted by atomic mass is 10.1. The second-order valence-electron chi connectivity index (χ2n) is 5.82. The van der Waals surface area contributed by atoms with E-state index in [1.54, 1.807) is 26.0 Å². The van der Waals surface area contributed by atoms with E-state index in [-0.39, 0.29) is 11.4 Å². The molecule has 3 aromatic rings. The van der Waals surface area contributed by atoms with Gasteiger partial charge in [-0.25, -0.2) is 9.18 Å². The van der Waals surface area contributed by atoms with Crippen molar-refractivity contribution in [3.8, 4) is 0 Å². The summed E-state index contributed by atoms with van der Waals surface area (Å²) < 4.78 is 23.3. The second-order valence-corrected chi connectivity index (χ2v) is 5.82. The Morgan fingerprint density at radius 2 is 2.00 bits per heavy atom. The van der Waals surface area contributed by atoms with Crippen LogP contribution in [0, 0.1) is 19.7 Å². The predicted molar refractivity (Wildman–Crippen MR) is 91.2 cm³/mol. The highest BCUT2D eigenvalue weighted by Crippen LogP contribution is 2.19. The number of carbonyl (C=O) groups is 2. The van der Waals surface area contributed by atoms with E-state index in [2.05, 4.69) is 15.5 Å². The molecule has 1 amide bonds. The summed E-state index contributed by atoms with van der Waals surface area (Å²) in [5.74, 6) is -0.867. The van der Waals surface area contributed by atoms with Gasteiger partial charge in [-0.2, -0.15) is 0 Å². The molecule has 0 aliphatic rings. The van der Waals surface area contributed by atoms with Gasteiger partial charge in [0.1, 0.15) is 11.6 Å². The molecular weight excluding hydrogens is 341 g/mol. The first-order valence-electron chi connectivity index (χ1n) is 7.85. The molecule has 0 spiro atoms. The van der Waals surface area contributed by atoms with Gasteiger partial charge in [0.2, 0.25) is 0 Å². The number of rotatable bonds is 4. The molecular formula is C18H16FN3O4. The van der Waals surface area contributed by atoms with Gasteiger partial charge >= 0.3 is 5.97 Å². The number of ether oxygens (including phenoxy) is 1. The minimum atomic E-state index is -1.05. The second kappa shape index (κ2) is 6.91. The van der Waals surface area contributed by atoms with Gasteiger partial charge in [0.25, 0.3) is 5.91 Å². The smallest absolute Gasteiger partial charge is 0.340 e. The molecule has 0 saturated heterocycles. The summed E-state index contributed by atoms with van der Waals surface area (Å²) in [6, 6.07) is 7.20. The number of amides is 1.